The van der Waals surface area contributed by atoms with Crippen molar-refractivity contribution in [3.05, 3.63) is 47.5 Å². The Morgan fingerprint density at radius 3 is 2.21 bits per heavy atom. The van der Waals surface area contributed by atoms with E-state index >= 15 is 0 Å². The van der Waals surface area contributed by atoms with Crippen molar-refractivity contribution < 1.29 is 9.59 Å². The van der Waals surface area contributed by atoms with Crippen LogP contribution in [0.2, 0.25) is 0 Å². The van der Waals surface area contributed by atoms with Gasteiger partial charge in [-0.25, -0.2) is 0 Å². The number of nitrogens with zero attached hydrogens (tertiary/aromatic N) is 5. The van der Waals surface area contributed by atoms with E-state index in [1.54, 1.807) is 4.90 Å². The lowest BCUT2D eigenvalue weighted by molar-refractivity contribution is 0.0706. The quantitative estimate of drug-likeness (QED) is 0.893. The molecular formula is C16H18N6O2. The summed E-state index contributed by atoms with van der Waals surface area (Å²) in [6.45, 7) is 1.75. The van der Waals surface area contributed by atoms with Crippen LogP contribution in [0.4, 0.5) is 0 Å². The number of rotatable bonds is 4. The van der Waals surface area contributed by atoms with E-state index < -0.39 is 5.91 Å². The van der Waals surface area contributed by atoms with E-state index in [4.69, 9.17) is 0 Å². The van der Waals surface area contributed by atoms with Crippen LogP contribution in [0.5, 0.6) is 0 Å². The molecule has 1 fully saturated rings. The minimum Gasteiger partial charge on any atom is -0.345 e. The molecule has 0 saturated carbocycles. The van der Waals surface area contributed by atoms with Crippen molar-refractivity contribution in [1.82, 2.24) is 30.6 Å². The Kier molecular flexibility index (Phi) is 5.05. The van der Waals surface area contributed by atoms with Gasteiger partial charge in [0.05, 0.1) is 0 Å². The molecule has 8 nitrogen and oxygen atoms in total. The van der Waals surface area contributed by atoms with Crippen molar-refractivity contribution in [2.45, 2.75) is 25.8 Å². The first kappa shape index (κ1) is 16.0. The van der Waals surface area contributed by atoms with Crippen molar-refractivity contribution in [1.29, 1.82) is 0 Å². The molecule has 24 heavy (non-hydrogen) atoms. The molecule has 124 valence electrons. The number of amides is 2. The van der Waals surface area contributed by atoms with Crippen molar-refractivity contribution >= 4 is 11.8 Å². The first-order valence-electron chi connectivity index (χ1n) is 7.93. The fraction of sp³-hybridized carbons (Fsp3) is 0.375. The fourth-order valence-electron chi connectivity index (χ4n) is 2.50. The minimum absolute atomic E-state index is 0.0727. The molecule has 2 aromatic rings. The molecule has 0 atom stereocenters. The fourth-order valence-corrected chi connectivity index (χ4v) is 2.50. The van der Waals surface area contributed by atoms with Gasteiger partial charge in [0.2, 0.25) is 0 Å². The van der Waals surface area contributed by atoms with Crippen molar-refractivity contribution in [2.24, 2.45) is 0 Å². The van der Waals surface area contributed by atoms with Crippen LogP contribution in [0.25, 0.3) is 0 Å². The molecule has 8 heteroatoms. The van der Waals surface area contributed by atoms with Crippen LogP contribution < -0.4 is 5.32 Å². The number of nitrogens with one attached hydrogen (secondary N) is 1. The highest BCUT2D eigenvalue weighted by atomic mass is 16.2. The number of hydrogen-bond acceptors (Lipinski definition) is 6. The molecule has 2 heterocycles. The Morgan fingerprint density at radius 2 is 1.54 bits per heavy atom. The number of carbonyl (C=O) groups is 2. The molecule has 3 rings (SSSR count). The Hall–Kier alpha value is -2.90. The second-order valence-corrected chi connectivity index (χ2v) is 5.57. The molecule has 0 radical (unpaired) electrons. The summed E-state index contributed by atoms with van der Waals surface area (Å²) in [4.78, 5) is 25.9. The van der Waals surface area contributed by atoms with Crippen molar-refractivity contribution in [2.75, 3.05) is 13.1 Å². The lowest BCUT2D eigenvalue weighted by Gasteiger charge is -2.25. The predicted molar refractivity (Wildman–Crippen MR) is 85.0 cm³/mol. The SMILES string of the molecule is O=C(NCc1ccccc1)c1nnc(C(=O)N2CCCCC2)nn1. The van der Waals surface area contributed by atoms with Crippen LogP contribution in [-0.4, -0.2) is 50.2 Å². The van der Waals surface area contributed by atoms with Crippen molar-refractivity contribution in [3.8, 4) is 0 Å². The third-order valence-corrected chi connectivity index (χ3v) is 3.81. The lowest BCUT2D eigenvalue weighted by Crippen LogP contribution is -2.37. The van der Waals surface area contributed by atoms with Gasteiger partial charge in [0.25, 0.3) is 23.5 Å². The monoisotopic (exact) mass is 326 g/mol. The van der Waals surface area contributed by atoms with Gasteiger partial charge in [0.1, 0.15) is 0 Å². The average Bonchev–Trinajstić information content (AvgIpc) is 2.67. The summed E-state index contributed by atoms with van der Waals surface area (Å²) in [5, 5.41) is 17.6. The van der Waals surface area contributed by atoms with E-state index in [2.05, 4.69) is 25.7 Å². The van der Waals surface area contributed by atoms with Gasteiger partial charge in [0, 0.05) is 19.6 Å². The van der Waals surface area contributed by atoms with E-state index in [1.807, 2.05) is 30.3 Å². The van der Waals surface area contributed by atoms with Crippen LogP contribution in [0.3, 0.4) is 0 Å². The van der Waals surface area contributed by atoms with Gasteiger partial charge in [-0.2, -0.15) is 0 Å². The Labute approximate surface area is 139 Å². The number of piperidine rings is 1. The zero-order chi connectivity index (χ0) is 16.8. The van der Waals surface area contributed by atoms with Gasteiger partial charge in [-0.3, -0.25) is 9.59 Å². The molecular weight excluding hydrogens is 308 g/mol. The summed E-state index contributed by atoms with van der Waals surface area (Å²) >= 11 is 0. The third kappa shape index (κ3) is 3.89. The minimum atomic E-state index is -0.476. The smallest absolute Gasteiger partial charge is 0.295 e. The topological polar surface area (TPSA) is 101 Å². The van der Waals surface area contributed by atoms with Crippen LogP contribution >= 0.6 is 0 Å². The molecule has 1 aliphatic rings. The molecule has 1 aromatic carbocycles. The van der Waals surface area contributed by atoms with Crippen LogP contribution in [0, 0.1) is 0 Å². The first-order chi connectivity index (χ1) is 11.7. The third-order valence-electron chi connectivity index (χ3n) is 3.81. The summed E-state index contributed by atoms with van der Waals surface area (Å²) in [6.07, 6.45) is 3.08. The Balaban J connectivity index is 1.59. The number of likely N-dealkylation sites (tertiary alicyclic amines) is 1. The van der Waals surface area contributed by atoms with E-state index in [-0.39, 0.29) is 17.6 Å². The average molecular weight is 326 g/mol. The summed E-state index contributed by atoms with van der Waals surface area (Å²) in [5.41, 5.74) is 0.962. The Bertz CT molecular complexity index is 698. The van der Waals surface area contributed by atoms with Gasteiger partial charge in [0.15, 0.2) is 0 Å². The van der Waals surface area contributed by atoms with Gasteiger partial charge >= 0.3 is 0 Å². The molecule has 2 amide bonds. The van der Waals surface area contributed by atoms with Crippen LogP contribution in [0.1, 0.15) is 46.1 Å². The molecule has 0 bridgehead atoms. The molecule has 0 spiro atoms. The maximum absolute atomic E-state index is 12.2. The largest absolute Gasteiger partial charge is 0.345 e. The summed E-state index contributed by atoms with van der Waals surface area (Å²) in [6, 6.07) is 9.49. The van der Waals surface area contributed by atoms with Crippen molar-refractivity contribution in [3.63, 3.8) is 0 Å². The predicted octanol–water partition coefficient (Wildman–Crippen LogP) is 0.823. The highest BCUT2D eigenvalue weighted by molar-refractivity contribution is 5.91. The van der Waals surface area contributed by atoms with E-state index in [9.17, 15) is 9.59 Å². The van der Waals surface area contributed by atoms with E-state index in [0.717, 1.165) is 24.8 Å². The lowest BCUT2D eigenvalue weighted by atomic mass is 10.1. The molecule has 0 unspecified atom stereocenters. The van der Waals surface area contributed by atoms with Gasteiger partial charge in [-0.15, -0.1) is 20.4 Å². The van der Waals surface area contributed by atoms with Crippen LogP contribution in [0.15, 0.2) is 30.3 Å². The number of benzene rings is 1. The number of aromatic nitrogens is 4. The molecule has 1 saturated heterocycles. The van der Waals surface area contributed by atoms with Gasteiger partial charge in [-0.1, -0.05) is 30.3 Å². The van der Waals surface area contributed by atoms with Crippen LogP contribution in [-0.2, 0) is 6.54 Å². The molecule has 1 aliphatic heterocycles. The first-order valence-corrected chi connectivity index (χ1v) is 7.93. The molecule has 0 aliphatic carbocycles. The molecule has 1 aromatic heterocycles. The second kappa shape index (κ2) is 7.58. The maximum Gasteiger partial charge on any atom is 0.295 e. The highest BCUT2D eigenvalue weighted by Crippen LogP contribution is 2.10. The zero-order valence-corrected chi connectivity index (χ0v) is 13.2. The summed E-state index contributed by atoms with van der Waals surface area (Å²) < 4.78 is 0. The zero-order valence-electron chi connectivity index (χ0n) is 13.2. The maximum atomic E-state index is 12.2. The second-order valence-electron chi connectivity index (χ2n) is 5.57. The number of carbonyl (C=O) groups excluding carboxylic acids is 2. The summed E-state index contributed by atoms with van der Waals surface area (Å²) in [7, 11) is 0. The van der Waals surface area contributed by atoms with E-state index in [1.165, 1.54) is 0 Å². The summed E-state index contributed by atoms with van der Waals surface area (Å²) in [5.74, 6) is -0.987. The van der Waals surface area contributed by atoms with Gasteiger partial charge in [-0.05, 0) is 24.8 Å². The highest BCUT2D eigenvalue weighted by Gasteiger charge is 2.22. The molecule has 1 N–H and O–H groups in total. The normalized spacial score (nSPS) is 14.2. The van der Waals surface area contributed by atoms with Gasteiger partial charge < -0.3 is 10.2 Å². The standard InChI is InChI=1S/C16H18N6O2/c23-15(17-11-12-7-3-1-4-8-12)13-18-20-14(21-19-13)16(24)22-9-5-2-6-10-22/h1,3-4,7-8H,2,5-6,9-11H2,(H,17,23). The van der Waals surface area contributed by atoms with E-state index in [0.29, 0.717) is 19.6 Å². The number of hydrogen-bond donors (Lipinski definition) is 1. The Morgan fingerprint density at radius 1 is 0.917 bits per heavy atom.